The maximum atomic E-state index is 13.2. The lowest BCUT2D eigenvalue weighted by molar-refractivity contribution is 0.626. The minimum absolute atomic E-state index is 0.261. The molecule has 0 fully saturated rings. The highest BCUT2D eigenvalue weighted by Crippen LogP contribution is 2.34. The van der Waals surface area contributed by atoms with Crippen molar-refractivity contribution in [2.75, 3.05) is 5.32 Å². The monoisotopic (exact) mass is 406 g/mol. The second-order valence-corrected chi connectivity index (χ2v) is 6.94. The summed E-state index contributed by atoms with van der Waals surface area (Å²) in [4.78, 5) is 24.3. The average Bonchev–Trinajstić information content (AvgIpc) is 3.21. The number of aromatic amines is 1. The highest BCUT2D eigenvalue weighted by molar-refractivity contribution is 5.90. The van der Waals surface area contributed by atoms with Crippen LogP contribution in [-0.2, 0) is 13.1 Å². The lowest BCUT2D eigenvalue weighted by atomic mass is 10.2. The molecule has 2 N–H and O–H groups in total. The first-order chi connectivity index (χ1) is 14.6. The van der Waals surface area contributed by atoms with Gasteiger partial charge in [0.25, 0.3) is 0 Å². The van der Waals surface area contributed by atoms with Crippen LogP contribution in [0.2, 0.25) is 0 Å². The number of hydrogen-bond donors (Lipinski definition) is 2. The number of nitrogens with zero attached hydrogens (tertiary/aromatic N) is 4. The standard InChI is InChI=1S/C21H16F2N6O/c22-15-5-1-13(2-6-15)9-28-12-26-17-18-20(25-11-24-19(17)28)29(21(30)27-18)10-14-3-7-16(23)8-4-14/h1-8,11-12H,9-10H2,(H,24,25)(H,27,30). The summed E-state index contributed by atoms with van der Waals surface area (Å²) in [6, 6.07) is 12.2. The first kappa shape index (κ1) is 18.0. The van der Waals surface area contributed by atoms with Gasteiger partial charge in [0.2, 0.25) is 0 Å². The fraction of sp³-hybridized carbons (Fsp3) is 0.0952. The van der Waals surface area contributed by atoms with Crippen LogP contribution in [0.1, 0.15) is 11.1 Å². The summed E-state index contributed by atoms with van der Waals surface area (Å²) in [6.45, 7) is 0.715. The topological polar surface area (TPSA) is 80.0 Å². The normalized spacial score (nSPS) is 12.2. The third-order valence-electron chi connectivity index (χ3n) is 4.94. The number of hydrogen-bond acceptors (Lipinski definition) is 4. The minimum Gasteiger partial charge on any atom is -0.330 e. The molecule has 0 amide bonds. The van der Waals surface area contributed by atoms with Crippen molar-refractivity contribution in [3.05, 3.63) is 88.1 Å². The van der Waals surface area contributed by atoms with Gasteiger partial charge in [-0.25, -0.2) is 23.6 Å². The Balaban J connectivity index is 1.52. The number of anilines is 1. The molecule has 150 valence electrons. The molecular formula is C21H16F2N6O. The lowest BCUT2D eigenvalue weighted by Gasteiger charge is -2.07. The Morgan fingerprint density at radius 3 is 2.20 bits per heavy atom. The molecule has 7 nitrogen and oxygen atoms in total. The summed E-state index contributed by atoms with van der Waals surface area (Å²) in [5, 5.41) is 3.04. The lowest BCUT2D eigenvalue weighted by Crippen LogP contribution is -2.19. The van der Waals surface area contributed by atoms with Gasteiger partial charge in [-0.15, -0.1) is 0 Å². The van der Waals surface area contributed by atoms with Crippen molar-refractivity contribution in [2.24, 2.45) is 4.99 Å². The zero-order valence-electron chi connectivity index (χ0n) is 15.6. The first-order valence-electron chi connectivity index (χ1n) is 9.25. The van der Waals surface area contributed by atoms with E-state index in [1.807, 2.05) is 4.57 Å². The molecule has 2 aromatic heterocycles. The van der Waals surface area contributed by atoms with Crippen LogP contribution in [-0.4, -0.2) is 25.4 Å². The van der Waals surface area contributed by atoms with Gasteiger partial charge in [0, 0.05) is 0 Å². The number of nitrogens with one attached hydrogen (secondary N) is 2. The van der Waals surface area contributed by atoms with Gasteiger partial charge in [-0.1, -0.05) is 24.3 Å². The summed E-state index contributed by atoms with van der Waals surface area (Å²) in [5.41, 5.74) is 2.42. The average molecular weight is 406 g/mol. The molecule has 0 spiro atoms. The van der Waals surface area contributed by atoms with Crippen LogP contribution < -0.4 is 11.0 Å². The quantitative estimate of drug-likeness (QED) is 0.544. The third kappa shape index (κ3) is 3.20. The van der Waals surface area contributed by atoms with Crippen LogP contribution in [0.15, 0.2) is 64.6 Å². The van der Waals surface area contributed by atoms with Crippen molar-refractivity contribution in [1.29, 1.82) is 0 Å². The summed E-state index contributed by atoms with van der Waals surface area (Å²) in [5.74, 6) is 0.468. The number of rotatable bonds is 4. The zero-order valence-corrected chi connectivity index (χ0v) is 15.6. The van der Waals surface area contributed by atoms with Gasteiger partial charge in [0.05, 0.1) is 25.8 Å². The number of imidazole rings is 2. The molecule has 3 heterocycles. The highest BCUT2D eigenvalue weighted by Gasteiger charge is 2.23. The molecule has 0 unspecified atom stereocenters. The van der Waals surface area contributed by atoms with Crippen molar-refractivity contribution in [3.8, 4) is 11.4 Å². The van der Waals surface area contributed by atoms with Crippen molar-refractivity contribution in [3.63, 3.8) is 0 Å². The molecule has 5 rings (SSSR count). The predicted octanol–water partition coefficient (Wildman–Crippen LogP) is 3.50. The van der Waals surface area contributed by atoms with E-state index in [1.165, 1.54) is 35.2 Å². The molecule has 0 radical (unpaired) electrons. The SMILES string of the molecule is O=c1[nH]c2c(n1Cc1ccc(F)cc1)NC=Nc1c-2ncn1Cc1ccc(F)cc1. The van der Waals surface area contributed by atoms with E-state index in [0.717, 1.165) is 11.1 Å². The number of aliphatic imine (C=N–C) groups is 1. The second kappa shape index (κ2) is 7.11. The van der Waals surface area contributed by atoms with E-state index in [4.69, 9.17) is 0 Å². The summed E-state index contributed by atoms with van der Waals surface area (Å²) in [7, 11) is 0. The van der Waals surface area contributed by atoms with Crippen LogP contribution in [0.25, 0.3) is 11.4 Å². The third-order valence-corrected chi connectivity index (χ3v) is 4.94. The Morgan fingerprint density at radius 1 is 0.900 bits per heavy atom. The Morgan fingerprint density at radius 2 is 1.53 bits per heavy atom. The number of fused-ring (bicyclic) bond motifs is 3. The molecule has 1 aliphatic heterocycles. The van der Waals surface area contributed by atoms with Crippen LogP contribution in [0.5, 0.6) is 0 Å². The van der Waals surface area contributed by atoms with Gasteiger partial charge in [0.1, 0.15) is 28.8 Å². The molecule has 2 aromatic carbocycles. The summed E-state index contributed by atoms with van der Waals surface area (Å²) >= 11 is 0. The van der Waals surface area contributed by atoms with Gasteiger partial charge in [-0.3, -0.25) is 4.57 Å². The number of benzene rings is 2. The van der Waals surface area contributed by atoms with E-state index in [-0.39, 0.29) is 23.9 Å². The van der Waals surface area contributed by atoms with Crippen molar-refractivity contribution < 1.29 is 8.78 Å². The maximum absolute atomic E-state index is 13.2. The zero-order chi connectivity index (χ0) is 20.7. The van der Waals surface area contributed by atoms with Gasteiger partial charge in [-0.2, -0.15) is 0 Å². The van der Waals surface area contributed by atoms with Gasteiger partial charge in [-0.05, 0) is 35.4 Å². The number of H-pyrrole nitrogens is 1. The number of aromatic nitrogens is 4. The smallest absolute Gasteiger partial charge is 0.327 e. The van der Waals surface area contributed by atoms with E-state index in [1.54, 1.807) is 30.6 Å². The Kier molecular flexibility index (Phi) is 4.27. The van der Waals surface area contributed by atoms with E-state index in [0.29, 0.717) is 29.6 Å². The molecule has 1 aliphatic rings. The van der Waals surface area contributed by atoms with Crippen LogP contribution in [0, 0.1) is 11.6 Å². The van der Waals surface area contributed by atoms with Crippen LogP contribution in [0.3, 0.4) is 0 Å². The molecule has 0 atom stereocenters. The molecule has 0 aliphatic carbocycles. The van der Waals surface area contributed by atoms with E-state index >= 15 is 0 Å². The molecule has 4 aromatic rings. The van der Waals surface area contributed by atoms with Crippen LogP contribution in [0.4, 0.5) is 20.4 Å². The van der Waals surface area contributed by atoms with Crippen molar-refractivity contribution >= 4 is 18.0 Å². The van der Waals surface area contributed by atoms with Gasteiger partial charge < -0.3 is 14.9 Å². The van der Waals surface area contributed by atoms with Gasteiger partial charge >= 0.3 is 5.69 Å². The second-order valence-electron chi connectivity index (χ2n) is 6.94. The molecule has 0 bridgehead atoms. The maximum Gasteiger partial charge on any atom is 0.327 e. The first-order valence-corrected chi connectivity index (χ1v) is 9.25. The molecule has 0 saturated carbocycles. The Bertz CT molecular complexity index is 1300. The summed E-state index contributed by atoms with van der Waals surface area (Å²) < 4.78 is 29.7. The van der Waals surface area contributed by atoms with E-state index in [9.17, 15) is 13.6 Å². The fourth-order valence-corrected chi connectivity index (χ4v) is 3.46. The largest absolute Gasteiger partial charge is 0.330 e. The fourth-order valence-electron chi connectivity index (χ4n) is 3.46. The molecular weight excluding hydrogens is 390 g/mol. The predicted molar refractivity (Wildman–Crippen MR) is 109 cm³/mol. The van der Waals surface area contributed by atoms with Crippen molar-refractivity contribution in [1.82, 2.24) is 19.1 Å². The van der Waals surface area contributed by atoms with Gasteiger partial charge in [0.15, 0.2) is 5.82 Å². The van der Waals surface area contributed by atoms with Crippen LogP contribution >= 0.6 is 0 Å². The molecule has 9 heteroatoms. The Hall–Kier alpha value is -4.01. The summed E-state index contributed by atoms with van der Waals surface area (Å²) in [6.07, 6.45) is 3.14. The highest BCUT2D eigenvalue weighted by atomic mass is 19.1. The minimum atomic E-state index is -0.333. The molecule has 30 heavy (non-hydrogen) atoms. The molecule has 0 saturated heterocycles. The number of halogens is 2. The van der Waals surface area contributed by atoms with E-state index in [2.05, 4.69) is 20.3 Å². The van der Waals surface area contributed by atoms with Crippen molar-refractivity contribution in [2.45, 2.75) is 13.1 Å². The van der Waals surface area contributed by atoms with E-state index < -0.39 is 0 Å². The Labute approximate surface area is 169 Å².